The van der Waals surface area contributed by atoms with Crippen LogP contribution in [0.3, 0.4) is 0 Å². The summed E-state index contributed by atoms with van der Waals surface area (Å²) in [6.45, 7) is 1.27. The van der Waals surface area contributed by atoms with E-state index >= 15 is 0 Å². The van der Waals surface area contributed by atoms with Crippen molar-refractivity contribution in [2.45, 2.75) is 13.1 Å². The summed E-state index contributed by atoms with van der Waals surface area (Å²) in [5, 5.41) is 14.7. The molecule has 0 bridgehead atoms. The molecule has 0 atom stereocenters. The van der Waals surface area contributed by atoms with E-state index in [0.29, 0.717) is 23.9 Å². The monoisotopic (exact) mass is 298 g/mol. The first-order valence-corrected chi connectivity index (χ1v) is 7.13. The van der Waals surface area contributed by atoms with Gasteiger partial charge in [-0.05, 0) is 29.8 Å². The van der Waals surface area contributed by atoms with E-state index in [2.05, 4.69) is 10.3 Å². The van der Waals surface area contributed by atoms with Gasteiger partial charge in [0.05, 0.1) is 5.52 Å². The maximum atomic E-state index is 9.75. The van der Waals surface area contributed by atoms with Crippen LogP contribution in [0.2, 0.25) is 5.02 Å². The normalized spacial score (nSPS) is 10.9. The van der Waals surface area contributed by atoms with Gasteiger partial charge in [-0.25, -0.2) is 0 Å². The van der Waals surface area contributed by atoms with Crippen LogP contribution in [-0.2, 0) is 13.1 Å². The molecule has 0 aliphatic rings. The highest BCUT2D eigenvalue weighted by molar-refractivity contribution is 6.35. The lowest BCUT2D eigenvalue weighted by atomic mass is 10.1. The molecule has 2 aromatic carbocycles. The molecular formula is C17H15ClN2O. The predicted octanol–water partition coefficient (Wildman–Crippen LogP) is 3.88. The molecule has 0 unspecified atom stereocenters. The summed E-state index contributed by atoms with van der Waals surface area (Å²) in [5.74, 6) is 0.309. The molecule has 0 amide bonds. The Labute approximate surface area is 128 Å². The second kappa shape index (κ2) is 6.12. The zero-order valence-corrected chi connectivity index (χ0v) is 12.1. The van der Waals surface area contributed by atoms with Crippen LogP contribution in [0.1, 0.15) is 11.1 Å². The Morgan fingerprint density at radius 3 is 2.62 bits per heavy atom. The van der Waals surface area contributed by atoms with Crippen LogP contribution < -0.4 is 5.32 Å². The van der Waals surface area contributed by atoms with E-state index in [1.807, 2.05) is 42.5 Å². The van der Waals surface area contributed by atoms with E-state index in [9.17, 15) is 5.11 Å². The Bertz CT molecular complexity index is 774. The van der Waals surface area contributed by atoms with E-state index in [4.69, 9.17) is 11.6 Å². The highest BCUT2D eigenvalue weighted by Crippen LogP contribution is 2.24. The van der Waals surface area contributed by atoms with Gasteiger partial charge in [0.2, 0.25) is 0 Å². The van der Waals surface area contributed by atoms with Gasteiger partial charge in [-0.3, -0.25) is 4.98 Å². The average molecular weight is 299 g/mol. The topological polar surface area (TPSA) is 45.1 Å². The molecule has 0 spiro atoms. The number of rotatable bonds is 4. The Kier molecular flexibility index (Phi) is 4.04. The highest BCUT2D eigenvalue weighted by Gasteiger charge is 2.06. The number of nitrogens with one attached hydrogen (secondary N) is 1. The Balaban J connectivity index is 1.77. The molecule has 4 heteroatoms. The second-order valence-electron chi connectivity index (χ2n) is 4.84. The van der Waals surface area contributed by atoms with Crippen molar-refractivity contribution >= 4 is 22.5 Å². The minimum Gasteiger partial charge on any atom is -0.508 e. The number of phenols is 1. The number of phenolic OH excluding ortho intramolecular Hbond substituents is 1. The van der Waals surface area contributed by atoms with Gasteiger partial charge in [0, 0.05) is 35.3 Å². The molecule has 0 aliphatic heterocycles. The van der Waals surface area contributed by atoms with Crippen molar-refractivity contribution in [1.82, 2.24) is 10.3 Å². The molecule has 0 radical (unpaired) electrons. The first-order chi connectivity index (χ1) is 10.3. The molecule has 3 nitrogen and oxygen atoms in total. The fourth-order valence-electron chi connectivity index (χ4n) is 2.33. The number of fused-ring (bicyclic) bond motifs is 1. The number of para-hydroxylation sites is 1. The fraction of sp³-hybridized carbons (Fsp3) is 0.118. The molecule has 0 saturated heterocycles. The Morgan fingerprint density at radius 1 is 0.952 bits per heavy atom. The van der Waals surface area contributed by atoms with Crippen LogP contribution in [0.4, 0.5) is 0 Å². The number of pyridine rings is 1. The Hall–Kier alpha value is -2.10. The zero-order valence-electron chi connectivity index (χ0n) is 11.4. The minimum absolute atomic E-state index is 0.309. The maximum absolute atomic E-state index is 9.75. The summed E-state index contributed by atoms with van der Waals surface area (Å²) in [6, 6.07) is 15.0. The van der Waals surface area contributed by atoms with Gasteiger partial charge in [0.25, 0.3) is 0 Å². The third-order valence-corrected chi connectivity index (χ3v) is 3.75. The summed E-state index contributed by atoms with van der Waals surface area (Å²) < 4.78 is 0. The van der Waals surface area contributed by atoms with Crippen molar-refractivity contribution in [3.63, 3.8) is 0 Å². The average Bonchev–Trinajstić information content (AvgIpc) is 2.52. The molecule has 0 fully saturated rings. The lowest BCUT2D eigenvalue weighted by Gasteiger charge is -2.09. The number of hydrogen-bond donors (Lipinski definition) is 2. The first-order valence-electron chi connectivity index (χ1n) is 6.75. The molecular weight excluding hydrogens is 284 g/mol. The predicted molar refractivity (Wildman–Crippen MR) is 85.4 cm³/mol. The number of halogens is 1. The van der Waals surface area contributed by atoms with Crippen molar-refractivity contribution in [2.75, 3.05) is 0 Å². The zero-order chi connectivity index (χ0) is 14.7. The van der Waals surface area contributed by atoms with E-state index in [-0.39, 0.29) is 0 Å². The fourth-order valence-corrected chi connectivity index (χ4v) is 2.55. The van der Waals surface area contributed by atoms with E-state index in [0.717, 1.165) is 22.0 Å². The van der Waals surface area contributed by atoms with E-state index < -0.39 is 0 Å². The van der Waals surface area contributed by atoms with Crippen LogP contribution in [0.25, 0.3) is 10.9 Å². The van der Waals surface area contributed by atoms with Gasteiger partial charge < -0.3 is 10.4 Å². The smallest absolute Gasteiger partial charge is 0.120 e. The van der Waals surface area contributed by atoms with Gasteiger partial charge in [-0.15, -0.1) is 0 Å². The summed E-state index contributed by atoms with van der Waals surface area (Å²) >= 11 is 6.19. The number of hydrogen-bond acceptors (Lipinski definition) is 3. The largest absolute Gasteiger partial charge is 0.508 e. The van der Waals surface area contributed by atoms with Crippen LogP contribution in [0.15, 0.2) is 54.7 Å². The summed E-state index contributed by atoms with van der Waals surface area (Å²) in [7, 11) is 0. The quantitative estimate of drug-likeness (QED) is 0.768. The maximum Gasteiger partial charge on any atom is 0.120 e. The third kappa shape index (κ3) is 2.99. The van der Waals surface area contributed by atoms with Gasteiger partial charge >= 0.3 is 0 Å². The molecule has 0 aliphatic carbocycles. The highest BCUT2D eigenvalue weighted by atomic mass is 35.5. The van der Waals surface area contributed by atoms with Crippen molar-refractivity contribution in [3.05, 3.63) is 70.9 Å². The molecule has 21 heavy (non-hydrogen) atoms. The van der Waals surface area contributed by atoms with Gasteiger partial charge in [-0.2, -0.15) is 0 Å². The summed E-state index contributed by atoms with van der Waals surface area (Å²) in [4.78, 5) is 4.41. The van der Waals surface area contributed by atoms with E-state index in [1.165, 1.54) is 0 Å². The van der Waals surface area contributed by atoms with Crippen molar-refractivity contribution < 1.29 is 5.11 Å². The third-order valence-electron chi connectivity index (χ3n) is 3.42. The molecule has 1 heterocycles. The molecule has 106 valence electrons. The lowest BCUT2D eigenvalue weighted by molar-refractivity contribution is 0.464. The molecule has 0 saturated carbocycles. The first kappa shape index (κ1) is 13.9. The molecule has 3 rings (SSSR count). The van der Waals surface area contributed by atoms with Gasteiger partial charge in [0.1, 0.15) is 5.75 Å². The van der Waals surface area contributed by atoms with Crippen molar-refractivity contribution in [3.8, 4) is 5.75 Å². The van der Waals surface area contributed by atoms with Crippen LogP contribution >= 0.6 is 11.6 Å². The number of nitrogens with zero attached hydrogens (tertiary/aromatic N) is 1. The summed E-state index contributed by atoms with van der Waals surface area (Å²) in [6.07, 6.45) is 1.77. The second-order valence-corrected chi connectivity index (χ2v) is 5.25. The molecule has 2 N–H and O–H groups in total. The van der Waals surface area contributed by atoms with Gasteiger partial charge in [0.15, 0.2) is 0 Å². The van der Waals surface area contributed by atoms with Crippen LogP contribution in [0, 0.1) is 0 Å². The number of benzene rings is 2. The number of aromatic nitrogens is 1. The lowest BCUT2D eigenvalue weighted by Crippen LogP contribution is -2.13. The van der Waals surface area contributed by atoms with Crippen molar-refractivity contribution in [1.29, 1.82) is 0 Å². The Morgan fingerprint density at radius 2 is 1.76 bits per heavy atom. The molecule has 3 aromatic rings. The van der Waals surface area contributed by atoms with Crippen LogP contribution in [-0.4, -0.2) is 10.1 Å². The van der Waals surface area contributed by atoms with E-state index in [1.54, 1.807) is 12.3 Å². The van der Waals surface area contributed by atoms with Gasteiger partial charge in [-0.1, -0.05) is 35.9 Å². The molecule has 1 aromatic heterocycles. The van der Waals surface area contributed by atoms with Crippen LogP contribution in [0.5, 0.6) is 5.75 Å². The van der Waals surface area contributed by atoms with Crippen molar-refractivity contribution in [2.24, 2.45) is 0 Å². The number of aromatic hydroxyl groups is 1. The summed E-state index contributed by atoms with van der Waals surface area (Å²) in [5.41, 5.74) is 2.88. The minimum atomic E-state index is 0.309. The standard InChI is InChI=1S/C17H15ClN2O/c18-15-8-7-13(17-14(15)5-3-9-20-17)11-19-10-12-4-1-2-6-16(12)21/h1-9,19,21H,10-11H2. The SMILES string of the molecule is Oc1ccccc1CNCc1ccc(Cl)c2cccnc12.